The van der Waals surface area contributed by atoms with Gasteiger partial charge in [0.25, 0.3) is 0 Å². The van der Waals surface area contributed by atoms with Crippen LogP contribution in [0, 0.1) is 6.92 Å². The van der Waals surface area contributed by atoms with Gasteiger partial charge in [-0.1, -0.05) is 25.0 Å². The number of allylic oxidation sites excluding steroid dienone is 2. The first-order valence-corrected chi connectivity index (χ1v) is 8.27. The molecular formula is C19H24O5. The Labute approximate surface area is 142 Å². The van der Waals surface area contributed by atoms with Crippen molar-refractivity contribution in [3.8, 4) is 5.75 Å². The lowest BCUT2D eigenvalue weighted by Gasteiger charge is -2.16. The van der Waals surface area contributed by atoms with Crippen LogP contribution >= 0.6 is 0 Å². The van der Waals surface area contributed by atoms with Crippen molar-refractivity contribution < 1.29 is 24.5 Å². The van der Waals surface area contributed by atoms with E-state index in [-0.39, 0.29) is 18.8 Å². The number of fused-ring (bicyclic) bond motifs is 1. The SMILES string of the molecule is CCCc1c(C)c2c(c(O)c1C/C=C(\C)CCC(=O)O)C(=O)OC2. The molecule has 1 aliphatic heterocycles. The number of rotatable bonds is 7. The van der Waals surface area contributed by atoms with Crippen molar-refractivity contribution in [2.24, 2.45) is 0 Å². The van der Waals surface area contributed by atoms with Crippen molar-refractivity contribution in [3.05, 3.63) is 39.5 Å². The largest absolute Gasteiger partial charge is 0.507 e. The second-order valence-corrected chi connectivity index (χ2v) is 6.26. The number of benzene rings is 1. The summed E-state index contributed by atoms with van der Waals surface area (Å²) < 4.78 is 5.08. The molecule has 2 N–H and O–H groups in total. The van der Waals surface area contributed by atoms with Gasteiger partial charge in [-0.25, -0.2) is 4.79 Å². The topological polar surface area (TPSA) is 83.8 Å². The molecule has 0 saturated carbocycles. The van der Waals surface area contributed by atoms with E-state index in [4.69, 9.17) is 9.84 Å². The van der Waals surface area contributed by atoms with Gasteiger partial charge in [0.1, 0.15) is 17.9 Å². The number of hydrogen-bond acceptors (Lipinski definition) is 4. The highest BCUT2D eigenvalue weighted by molar-refractivity contribution is 5.97. The van der Waals surface area contributed by atoms with E-state index in [0.29, 0.717) is 18.4 Å². The summed E-state index contributed by atoms with van der Waals surface area (Å²) >= 11 is 0. The quantitative estimate of drug-likeness (QED) is 0.588. The number of carbonyl (C=O) groups is 2. The molecule has 0 spiro atoms. The summed E-state index contributed by atoms with van der Waals surface area (Å²) in [6.45, 7) is 6.14. The second-order valence-electron chi connectivity index (χ2n) is 6.26. The molecule has 0 unspecified atom stereocenters. The fourth-order valence-electron chi connectivity index (χ4n) is 3.13. The van der Waals surface area contributed by atoms with Gasteiger partial charge >= 0.3 is 11.9 Å². The smallest absolute Gasteiger partial charge is 0.342 e. The summed E-state index contributed by atoms with van der Waals surface area (Å²) in [5.74, 6) is -1.28. The number of cyclic esters (lactones) is 1. The highest BCUT2D eigenvalue weighted by Crippen LogP contribution is 2.38. The summed E-state index contributed by atoms with van der Waals surface area (Å²) in [4.78, 5) is 22.6. The molecule has 0 bridgehead atoms. The van der Waals surface area contributed by atoms with Gasteiger partial charge in [0.2, 0.25) is 0 Å². The van der Waals surface area contributed by atoms with Gasteiger partial charge in [0.05, 0.1) is 0 Å². The third-order valence-corrected chi connectivity index (χ3v) is 4.53. The summed E-state index contributed by atoms with van der Waals surface area (Å²) in [6.07, 6.45) is 4.73. The van der Waals surface area contributed by atoms with Crippen molar-refractivity contribution in [2.75, 3.05) is 0 Å². The van der Waals surface area contributed by atoms with Gasteiger partial charge in [-0.2, -0.15) is 0 Å². The maximum atomic E-state index is 11.9. The fraction of sp³-hybridized carbons (Fsp3) is 0.474. The van der Waals surface area contributed by atoms with Crippen LogP contribution in [0.2, 0.25) is 0 Å². The molecule has 0 amide bonds. The number of carboxylic acids is 1. The van der Waals surface area contributed by atoms with Crippen molar-refractivity contribution >= 4 is 11.9 Å². The third-order valence-electron chi connectivity index (χ3n) is 4.53. The van der Waals surface area contributed by atoms with Gasteiger partial charge in [-0.15, -0.1) is 0 Å². The summed E-state index contributed by atoms with van der Waals surface area (Å²) in [6, 6.07) is 0. The van der Waals surface area contributed by atoms with E-state index >= 15 is 0 Å². The fourth-order valence-corrected chi connectivity index (χ4v) is 3.13. The van der Waals surface area contributed by atoms with E-state index in [1.807, 2.05) is 19.9 Å². The molecule has 1 heterocycles. The first-order chi connectivity index (χ1) is 11.4. The number of aromatic hydroxyl groups is 1. The average Bonchev–Trinajstić information content (AvgIpc) is 2.92. The van der Waals surface area contributed by atoms with Crippen molar-refractivity contribution in [2.45, 2.75) is 59.5 Å². The molecule has 24 heavy (non-hydrogen) atoms. The van der Waals surface area contributed by atoms with Crippen LogP contribution in [0.1, 0.15) is 65.7 Å². The molecule has 0 saturated heterocycles. The van der Waals surface area contributed by atoms with Crippen LogP contribution in [0.3, 0.4) is 0 Å². The van der Waals surface area contributed by atoms with E-state index in [9.17, 15) is 14.7 Å². The highest BCUT2D eigenvalue weighted by atomic mass is 16.5. The first-order valence-electron chi connectivity index (χ1n) is 8.27. The lowest BCUT2D eigenvalue weighted by Crippen LogP contribution is -2.05. The van der Waals surface area contributed by atoms with E-state index < -0.39 is 11.9 Å². The molecule has 0 radical (unpaired) electrons. The molecule has 0 atom stereocenters. The molecule has 0 fully saturated rings. The molecule has 5 nitrogen and oxygen atoms in total. The van der Waals surface area contributed by atoms with Gasteiger partial charge in [-0.3, -0.25) is 4.79 Å². The number of phenolic OH excluding ortho intramolecular Hbond substituents is 1. The predicted octanol–water partition coefficient (Wildman–Crippen LogP) is 3.68. The summed E-state index contributed by atoms with van der Waals surface area (Å²) in [7, 11) is 0. The molecule has 0 aromatic heterocycles. The minimum absolute atomic E-state index is 0.0174. The normalized spacial score (nSPS) is 13.8. The molecular weight excluding hydrogens is 308 g/mol. The van der Waals surface area contributed by atoms with Crippen molar-refractivity contribution in [1.82, 2.24) is 0 Å². The monoisotopic (exact) mass is 332 g/mol. The second kappa shape index (κ2) is 7.51. The molecule has 1 aromatic rings. The predicted molar refractivity (Wildman–Crippen MR) is 90.3 cm³/mol. The van der Waals surface area contributed by atoms with E-state index in [1.165, 1.54) is 0 Å². The van der Waals surface area contributed by atoms with Crippen LogP contribution in [-0.2, 0) is 29.0 Å². The maximum absolute atomic E-state index is 11.9. The maximum Gasteiger partial charge on any atom is 0.342 e. The zero-order chi connectivity index (χ0) is 17.9. The molecule has 0 aliphatic carbocycles. The van der Waals surface area contributed by atoms with Crippen molar-refractivity contribution in [1.29, 1.82) is 0 Å². The minimum Gasteiger partial charge on any atom is -0.507 e. The van der Waals surface area contributed by atoms with Gasteiger partial charge in [0.15, 0.2) is 0 Å². The first kappa shape index (κ1) is 18.0. The Balaban J connectivity index is 2.39. The Morgan fingerprint density at radius 3 is 2.62 bits per heavy atom. The van der Waals surface area contributed by atoms with Gasteiger partial charge in [-0.05, 0) is 44.2 Å². The van der Waals surface area contributed by atoms with Gasteiger partial charge < -0.3 is 14.9 Å². The van der Waals surface area contributed by atoms with Crippen molar-refractivity contribution in [3.63, 3.8) is 0 Å². The highest BCUT2D eigenvalue weighted by Gasteiger charge is 2.30. The minimum atomic E-state index is -0.826. The molecule has 5 heteroatoms. The molecule has 1 aliphatic rings. The molecule has 130 valence electrons. The number of esters is 1. The lowest BCUT2D eigenvalue weighted by molar-refractivity contribution is -0.136. The van der Waals surface area contributed by atoms with E-state index in [0.717, 1.165) is 40.7 Å². The standard InChI is InChI=1S/C19H24O5/c1-4-5-13-12(3)15-10-24-19(23)17(15)18(22)14(13)8-6-11(2)7-9-16(20)21/h6,22H,4-5,7-10H2,1-3H3,(H,20,21)/b11-6+. The summed E-state index contributed by atoms with van der Waals surface area (Å²) in [5, 5.41) is 19.4. The number of carboxylic acid groups (broad SMARTS) is 1. The van der Waals surface area contributed by atoms with Crippen LogP contribution in [0.15, 0.2) is 11.6 Å². The van der Waals surface area contributed by atoms with Crippen LogP contribution in [-0.4, -0.2) is 22.2 Å². The average molecular weight is 332 g/mol. The number of carbonyl (C=O) groups excluding carboxylic acids is 1. The lowest BCUT2D eigenvalue weighted by atomic mass is 9.88. The molecule has 2 rings (SSSR count). The Bertz CT molecular complexity index is 700. The van der Waals surface area contributed by atoms with Crippen LogP contribution in [0.5, 0.6) is 5.75 Å². The van der Waals surface area contributed by atoms with E-state index in [2.05, 4.69) is 6.92 Å². The molecule has 1 aromatic carbocycles. The van der Waals surface area contributed by atoms with Crippen LogP contribution in [0.25, 0.3) is 0 Å². The zero-order valence-corrected chi connectivity index (χ0v) is 14.4. The van der Waals surface area contributed by atoms with Gasteiger partial charge in [0, 0.05) is 17.5 Å². The Kier molecular flexibility index (Phi) is 5.65. The number of aliphatic carboxylic acids is 1. The van der Waals surface area contributed by atoms with Crippen LogP contribution < -0.4 is 0 Å². The zero-order valence-electron chi connectivity index (χ0n) is 14.4. The third kappa shape index (κ3) is 3.61. The number of hydrogen-bond donors (Lipinski definition) is 2. The number of phenols is 1. The number of ether oxygens (including phenoxy) is 1. The Hall–Kier alpha value is -2.30. The Morgan fingerprint density at radius 1 is 1.29 bits per heavy atom. The Morgan fingerprint density at radius 2 is 2.00 bits per heavy atom. The van der Waals surface area contributed by atoms with E-state index in [1.54, 1.807) is 0 Å². The summed E-state index contributed by atoms with van der Waals surface area (Å²) in [5.41, 5.74) is 4.87. The van der Waals surface area contributed by atoms with Crippen LogP contribution in [0.4, 0.5) is 0 Å².